The molecule has 0 saturated heterocycles. The summed E-state index contributed by atoms with van der Waals surface area (Å²) in [5, 5.41) is 5.76. The molecule has 1 atom stereocenters. The number of fused-ring (bicyclic) bond motifs is 1. The lowest BCUT2D eigenvalue weighted by Crippen LogP contribution is -2.23. The van der Waals surface area contributed by atoms with Crippen LogP contribution >= 0.6 is 0 Å². The molecule has 0 bridgehead atoms. The minimum absolute atomic E-state index is 0.0286. The Labute approximate surface area is 80.8 Å². The third kappa shape index (κ3) is 1.78. The molecule has 1 aliphatic heterocycles. The number of rotatable bonds is 0. The Morgan fingerprint density at radius 3 is 2.36 bits per heavy atom. The normalized spacial score (nSPS) is 17.2. The first kappa shape index (κ1) is 10.4. The maximum Gasteiger partial charge on any atom is 0.327 e. The summed E-state index contributed by atoms with van der Waals surface area (Å²) >= 11 is 0. The fourth-order valence-electron chi connectivity index (χ4n) is 1.20. The van der Waals surface area contributed by atoms with Crippen molar-refractivity contribution < 1.29 is 0 Å². The van der Waals surface area contributed by atoms with E-state index in [4.69, 9.17) is 0 Å². The topological polar surface area (TPSA) is 89.8 Å². The van der Waals surface area contributed by atoms with Crippen molar-refractivity contribution in [3.8, 4) is 0 Å². The molecule has 78 valence electrons. The van der Waals surface area contributed by atoms with Crippen molar-refractivity contribution in [3.63, 3.8) is 0 Å². The summed E-state index contributed by atoms with van der Waals surface area (Å²) in [4.78, 5) is 26.5. The lowest BCUT2D eigenvalue weighted by Gasteiger charge is -2.00. The zero-order chi connectivity index (χ0) is 10.7. The molecule has 1 aromatic rings. The maximum absolute atomic E-state index is 11.1. The summed E-state index contributed by atoms with van der Waals surface area (Å²) in [6.45, 7) is 5.84. The lowest BCUT2D eigenvalue weighted by atomic mass is 10.5. The van der Waals surface area contributed by atoms with Gasteiger partial charge in [0.1, 0.15) is 11.5 Å². The second kappa shape index (κ2) is 3.99. The van der Waals surface area contributed by atoms with Gasteiger partial charge in [0.05, 0.1) is 6.17 Å². The molecule has 2 rings (SSSR count). The Morgan fingerprint density at radius 1 is 1.07 bits per heavy atom. The molecule has 0 aromatic carbocycles. The van der Waals surface area contributed by atoms with Gasteiger partial charge in [0.25, 0.3) is 5.56 Å². The molecule has 4 N–H and O–H groups in total. The van der Waals surface area contributed by atoms with E-state index < -0.39 is 11.2 Å². The van der Waals surface area contributed by atoms with E-state index in [1.54, 1.807) is 0 Å². The average Bonchev–Trinajstić information content (AvgIpc) is 2.49. The van der Waals surface area contributed by atoms with Crippen LogP contribution in [-0.4, -0.2) is 16.1 Å². The van der Waals surface area contributed by atoms with Crippen LogP contribution < -0.4 is 21.9 Å². The van der Waals surface area contributed by atoms with E-state index in [0.29, 0.717) is 11.5 Å². The second-order valence-electron chi connectivity index (χ2n) is 2.67. The second-order valence-corrected chi connectivity index (χ2v) is 2.67. The minimum Gasteiger partial charge on any atom is -0.358 e. The monoisotopic (exact) mass is 198 g/mol. The van der Waals surface area contributed by atoms with Gasteiger partial charge in [-0.05, 0) is 6.92 Å². The molecular weight excluding hydrogens is 184 g/mol. The standard InChI is InChI=1S/C6H8N4O2.C2H6/c1-2-7-3-4(8-2)9-6(12)10-5(3)11;1-2/h2,7H,1H3,(H3,8,9,10,11,12);1-2H3. The molecule has 0 radical (unpaired) electrons. The van der Waals surface area contributed by atoms with E-state index in [2.05, 4.69) is 20.6 Å². The summed E-state index contributed by atoms with van der Waals surface area (Å²) in [6.07, 6.45) is -0.0286. The van der Waals surface area contributed by atoms with Crippen LogP contribution in [0.3, 0.4) is 0 Å². The molecule has 1 aliphatic rings. The van der Waals surface area contributed by atoms with E-state index in [9.17, 15) is 9.59 Å². The van der Waals surface area contributed by atoms with Gasteiger partial charge in [-0.2, -0.15) is 0 Å². The molecule has 0 aliphatic carbocycles. The van der Waals surface area contributed by atoms with Crippen LogP contribution in [0, 0.1) is 0 Å². The smallest absolute Gasteiger partial charge is 0.327 e. The third-order valence-electron chi connectivity index (χ3n) is 1.66. The summed E-state index contributed by atoms with van der Waals surface area (Å²) in [6, 6.07) is 0. The van der Waals surface area contributed by atoms with Crippen molar-refractivity contribution in [2.24, 2.45) is 0 Å². The van der Waals surface area contributed by atoms with Gasteiger partial charge in [-0.1, -0.05) is 13.8 Å². The Balaban J connectivity index is 0.000000461. The third-order valence-corrected chi connectivity index (χ3v) is 1.66. The van der Waals surface area contributed by atoms with Crippen LogP contribution in [0.1, 0.15) is 20.8 Å². The number of H-pyrrole nitrogens is 2. The number of nitrogens with one attached hydrogen (secondary N) is 4. The van der Waals surface area contributed by atoms with Crippen LogP contribution in [0.2, 0.25) is 0 Å². The van der Waals surface area contributed by atoms with Crippen LogP contribution in [-0.2, 0) is 0 Å². The first-order valence-corrected chi connectivity index (χ1v) is 4.56. The van der Waals surface area contributed by atoms with Gasteiger partial charge in [-0.3, -0.25) is 14.8 Å². The molecule has 2 heterocycles. The van der Waals surface area contributed by atoms with Crippen LogP contribution in [0.4, 0.5) is 11.5 Å². The fraction of sp³-hybridized carbons (Fsp3) is 0.500. The largest absolute Gasteiger partial charge is 0.358 e. The van der Waals surface area contributed by atoms with Gasteiger partial charge in [0.15, 0.2) is 0 Å². The highest BCUT2D eigenvalue weighted by Crippen LogP contribution is 2.19. The predicted octanol–water partition coefficient (Wildman–Crippen LogP) is 0.273. The number of aromatic amines is 2. The fourth-order valence-corrected chi connectivity index (χ4v) is 1.20. The molecule has 6 heteroatoms. The molecule has 0 saturated carbocycles. The van der Waals surface area contributed by atoms with E-state index in [-0.39, 0.29) is 6.17 Å². The molecule has 6 nitrogen and oxygen atoms in total. The van der Waals surface area contributed by atoms with Crippen molar-refractivity contribution in [1.82, 2.24) is 9.97 Å². The zero-order valence-electron chi connectivity index (χ0n) is 8.39. The summed E-state index contributed by atoms with van der Waals surface area (Å²) in [5.74, 6) is 0.455. The molecule has 0 amide bonds. The van der Waals surface area contributed by atoms with Crippen molar-refractivity contribution >= 4 is 11.5 Å². The van der Waals surface area contributed by atoms with Crippen molar-refractivity contribution in [1.29, 1.82) is 0 Å². The summed E-state index contributed by atoms with van der Waals surface area (Å²) < 4.78 is 0. The number of aromatic nitrogens is 2. The van der Waals surface area contributed by atoms with Gasteiger partial charge >= 0.3 is 5.69 Å². The van der Waals surface area contributed by atoms with Gasteiger partial charge in [-0.15, -0.1) is 0 Å². The number of hydrogen-bond donors (Lipinski definition) is 4. The summed E-state index contributed by atoms with van der Waals surface area (Å²) in [5.41, 5.74) is -0.505. The highest BCUT2D eigenvalue weighted by atomic mass is 16.2. The van der Waals surface area contributed by atoms with E-state index in [1.165, 1.54) is 0 Å². The minimum atomic E-state index is -0.498. The first-order chi connectivity index (χ1) is 6.66. The molecular formula is C8H14N4O2. The predicted molar refractivity (Wildman–Crippen MR) is 55.7 cm³/mol. The Morgan fingerprint density at radius 2 is 1.71 bits per heavy atom. The molecule has 0 fully saturated rings. The van der Waals surface area contributed by atoms with E-state index in [0.717, 1.165) is 0 Å². The molecule has 14 heavy (non-hydrogen) atoms. The van der Waals surface area contributed by atoms with Gasteiger partial charge in [-0.25, -0.2) is 4.79 Å². The van der Waals surface area contributed by atoms with Crippen molar-refractivity contribution in [2.45, 2.75) is 26.9 Å². The Hall–Kier alpha value is -1.72. The van der Waals surface area contributed by atoms with Crippen LogP contribution in [0.15, 0.2) is 9.59 Å². The first-order valence-electron chi connectivity index (χ1n) is 4.56. The van der Waals surface area contributed by atoms with Crippen LogP contribution in [0.5, 0.6) is 0 Å². The highest BCUT2D eigenvalue weighted by Gasteiger charge is 2.19. The Bertz CT molecular complexity index is 420. The van der Waals surface area contributed by atoms with Crippen molar-refractivity contribution in [3.05, 3.63) is 20.8 Å². The molecule has 1 unspecified atom stereocenters. The Kier molecular flexibility index (Phi) is 2.95. The number of anilines is 2. The molecule has 1 aromatic heterocycles. The molecule has 0 spiro atoms. The van der Waals surface area contributed by atoms with E-state index >= 15 is 0 Å². The van der Waals surface area contributed by atoms with Gasteiger partial charge in [0, 0.05) is 0 Å². The van der Waals surface area contributed by atoms with Crippen molar-refractivity contribution in [2.75, 3.05) is 10.6 Å². The lowest BCUT2D eigenvalue weighted by molar-refractivity contribution is 0.949. The van der Waals surface area contributed by atoms with E-state index in [1.807, 2.05) is 20.8 Å². The zero-order valence-corrected chi connectivity index (χ0v) is 8.39. The highest BCUT2D eigenvalue weighted by molar-refractivity contribution is 5.68. The quantitative estimate of drug-likeness (QED) is 0.482. The average molecular weight is 198 g/mol. The SMILES string of the molecule is CC.CC1Nc2[nH]c(=O)[nH]c(=O)c2N1. The maximum atomic E-state index is 11.1. The van der Waals surface area contributed by atoms with Gasteiger partial charge in [0.2, 0.25) is 0 Å². The van der Waals surface area contributed by atoms with Gasteiger partial charge < -0.3 is 10.6 Å². The number of hydrogen-bond acceptors (Lipinski definition) is 4. The van der Waals surface area contributed by atoms with Crippen LogP contribution in [0.25, 0.3) is 0 Å². The summed E-state index contributed by atoms with van der Waals surface area (Å²) in [7, 11) is 0.